The predicted octanol–water partition coefficient (Wildman–Crippen LogP) is 8.23. The van der Waals surface area contributed by atoms with E-state index in [0.717, 1.165) is 72.8 Å². The van der Waals surface area contributed by atoms with E-state index in [1.165, 1.54) is 36.9 Å². The van der Waals surface area contributed by atoms with Crippen molar-refractivity contribution in [3.05, 3.63) is 64.8 Å². The highest BCUT2D eigenvalue weighted by atomic mass is 32.2. The van der Waals surface area contributed by atoms with Crippen LogP contribution in [0, 0.1) is 25.7 Å². The molecule has 4 fully saturated rings. The van der Waals surface area contributed by atoms with Crippen LogP contribution in [0.4, 0.5) is 36.3 Å². The molecule has 3 aliphatic heterocycles. The first kappa shape index (κ1) is 41.7. The lowest BCUT2D eigenvalue weighted by atomic mass is 9.88. The molecule has 3 N–H and O–H groups in total. The van der Waals surface area contributed by atoms with Crippen molar-refractivity contribution in [3.63, 3.8) is 0 Å². The van der Waals surface area contributed by atoms with E-state index in [-0.39, 0.29) is 29.5 Å². The van der Waals surface area contributed by atoms with Crippen LogP contribution < -0.4 is 25.2 Å². The molecule has 3 aromatic rings. The van der Waals surface area contributed by atoms with Gasteiger partial charge in [-0.15, -0.1) is 0 Å². The van der Waals surface area contributed by atoms with Gasteiger partial charge in [-0.25, -0.2) is 4.98 Å². The zero-order valence-electron chi connectivity index (χ0n) is 33.3. The van der Waals surface area contributed by atoms with Gasteiger partial charge in [0.25, 0.3) is 0 Å². The second-order valence-electron chi connectivity index (χ2n) is 16.2. The number of imide groups is 1. The van der Waals surface area contributed by atoms with E-state index < -0.39 is 11.7 Å². The summed E-state index contributed by atoms with van der Waals surface area (Å²) in [5, 5.41) is 5.57. The number of aryl methyl sites for hydroxylation is 2. The summed E-state index contributed by atoms with van der Waals surface area (Å²) >= 11 is 1.64. The summed E-state index contributed by atoms with van der Waals surface area (Å²) in [5.74, 6) is 0.778. The van der Waals surface area contributed by atoms with Gasteiger partial charge in [-0.05, 0) is 131 Å². The number of piperazine rings is 1. The fourth-order valence-electron chi connectivity index (χ4n) is 8.05. The number of nitrogens with zero attached hydrogens (tertiary/aromatic N) is 5. The van der Waals surface area contributed by atoms with Crippen LogP contribution in [0.25, 0.3) is 0 Å². The third kappa shape index (κ3) is 10.9. The second kappa shape index (κ2) is 18.6. The van der Waals surface area contributed by atoms with E-state index in [9.17, 15) is 22.8 Å². The average Bonchev–Trinajstić information content (AvgIpc) is 3.16. The first-order chi connectivity index (χ1) is 26.7. The number of piperidine rings is 2. The van der Waals surface area contributed by atoms with Crippen LogP contribution in [0.5, 0.6) is 0 Å². The standard InChI is InChI=1S/C25H34F3N5S.C17H23N3O2/c1-16-6-8-19(9-7-16)32-34-20-10-11-22(18(3)13-20)30-24-29-14-21(25(26,27)28)23(31-24)33-12-4-5-17(2)15-33;1-12-11-13(14-4-6-16(21)18-17(14)22)3-5-15(12)20-9-7-19(2)8-10-20/h10-11,13-14,16-17,19,32H,4-9,12,15H2,1-3H3,(H,29,30,31);3,5,11,14H,4,6-10H2,1-2H3,(H,18,21,22). The maximum Gasteiger partial charge on any atom is 0.421 e. The van der Waals surface area contributed by atoms with Gasteiger partial charge in [0, 0.05) is 74.2 Å². The van der Waals surface area contributed by atoms with Crippen molar-refractivity contribution in [1.82, 2.24) is 24.9 Å². The van der Waals surface area contributed by atoms with E-state index in [2.05, 4.69) is 81.1 Å². The number of rotatable bonds is 8. The number of nitrogens with one attached hydrogen (secondary N) is 3. The van der Waals surface area contributed by atoms with Crippen LogP contribution in [0.3, 0.4) is 0 Å². The molecule has 7 rings (SSSR count). The molecule has 4 aliphatic rings. The van der Waals surface area contributed by atoms with Crippen molar-refractivity contribution in [1.29, 1.82) is 0 Å². The molecule has 14 heteroatoms. The fraction of sp³-hybridized carbons (Fsp3) is 0.571. The minimum Gasteiger partial charge on any atom is -0.369 e. The molecule has 1 aliphatic carbocycles. The lowest BCUT2D eigenvalue weighted by molar-refractivity contribution is -0.138. The number of hydrogen-bond acceptors (Lipinski definition) is 10. The third-order valence-corrected chi connectivity index (χ3v) is 12.5. The molecule has 1 saturated carbocycles. The Balaban J connectivity index is 0.000000208. The number of aromatic nitrogens is 2. The van der Waals surface area contributed by atoms with Gasteiger partial charge in [-0.2, -0.15) is 18.2 Å². The highest BCUT2D eigenvalue weighted by molar-refractivity contribution is 7.97. The van der Waals surface area contributed by atoms with Gasteiger partial charge in [-0.3, -0.25) is 19.6 Å². The molecular weight excluding hydrogens is 738 g/mol. The van der Waals surface area contributed by atoms with Crippen molar-refractivity contribution in [2.75, 3.05) is 61.4 Å². The van der Waals surface area contributed by atoms with Gasteiger partial charge in [0.05, 0.1) is 5.92 Å². The van der Waals surface area contributed by atoms with Crippen LogP contribution in [0.15, 0.2) is 47.5 Å². The molecule has 56 heavy (non-hydrogen) atoms. The van der Waals surface area contributed by atoms with Crippen molar-refractivity contribution in [2.45, 2.75) is 102 Å². The summed E-state index contributed by atoms with van der Waals surface area (Å²) in [6.45, 7) is 13.8. The number of alkyl halides is 3. The Labute approximate surface area is 333 Å². The summed E-state index contributed by atoms with van der Waals surface area (Å²) in [6, 6.07) is 12.8. The zero-order valence-corrected chi connectivity index (χ0v) is 34.2. The molecule has 4 heterocycles. The predicted molar refractivity (Wildman–Crippen MR) is 219 cm³/mol. The number of likely N-dealkylation sites (N-methyl/N-ethyl adjacent to an activating group) is 1. The normalized spacial score (nSPS) is 23.6. The minimum atomic E-state index is -4.49. The molecule has 10 nitrogen and oxygen atoms in total. The lowest BCUT2D eigenvalue weighted by Gasteiger charge is -2.35. The third-order valence-electron chi connectivity index (χ3n) is 11.5. The maximum atomic E-state index is 13.7. The van der Waals surface area contributed by atoms with Crippen LogP contribution in [-0.2, 0) is 15.8 Å². The first-order valence-corrected chi connectivity index (χ1v) is 20.9. The first-order valence-electron chi connectivity index (χ1n) is 20.1. The molecule has 2 amide bonds. The van der Waals surface area contributed by atoms with Crippen molar-refractivity contribution in [3.8, 4) is 0 Å². The topological polar surface area (TPSA) is 106 Å². The Kier molecular flexibility index (Phi) is 13.9. The molecule has 0 radical (unpaired) electrons. The molecule has 3 saturated heterocycles. The van der Waals surface area contributed by atoms with Gasteiger partial charge in [0.2, 0.25) is 17.8 Å². The lowest BCUT2D eigenvalue weighted by Crippen LogP contribution is -2.44. The number of anilines is 4. The monoisotopic (exact) mass is 794 g/mol. The van der Waals surface area contributed by atoms with Crippen LogP contribution in [0.2, 0.25) is 0 Å². The van der Waals surface area contributed by atoms with E-state index in [4.69, 9.17) is 0 Å². The second-order valence-corrected chi connectivity index (χ2v) is 17.2. The van der Waals surface area contributed by atoms with Gasteiger partial charge in [0.1, 0.15) is 11.4 Å². The maximum absolute atomic E-state index is 13.7. The molecule has 304 valence electrons. The number of halogens is 3. The summed E-state index contributed by atoms with van der Waals surface area (Å²) in [6.07, 6.45) is 4.27. The van der Waals surface area contributed by atoms with E-state index in [1.54, 1.807) is 16.8 Å². The summed E-state index contributed by atoms with van der Waals surface area (Å²) in [7, 11) is 2.15. The zero-order chi connectivity index (χ0) is 40.0. The van der Waals surface area contributed by atoms with Crippen molar-refractivity contribution in [2.24, 2.45) is 11.8 Å². The smallest absolute Gasteiger partial charge is 0.369 e. The van der Waals surface area contributed by atoms with Crippen molar-refractivity contribution < 1.29 is 22.8 Å². The van der Waals surface area contributed by atoms with Crippen LogP contribution in [-0.4, -0.2) is 79.0 Å². The van der Waals surface area contributed by atoms with E-state index >= 15 is 0 Å². The highest BCUT2D eigenvalue weighted by Crippen LogP contribution is 2.38. The summed E-state index contributed by atoms with van der Waals surface area (Å²) in [4.78, 5) is 39.2. The van der Waals surface area contributed by atoms with Gasteiger partial charge in [0.15, 0.2) is 0 Å². The number of carbonyl (C=O) groups excluding carboxylic acids is 2. The van der Waals surface area contributed by atoms with Crippen LogP contribution >= 0.6 is 11.9 Å². The van der Waals surface area contributed by atoms with E-state index in [1.807, 2.05) is 25.1 Å². The summed E-state index contributed by atoms with van der Waals surface area (Å²) in [5.41, 5.74) is 4.46. The Morgan fingerprint density at radius 3 is 2.27 bits per heavy atom. The number of amides is 2. The minimum absolute atomic E-state index is 0.0348. The summed E-state index contributed by atoms with van der Waals surface area (Å²) < 4.78 is 44.6. The number of hydrogen-bond donors (Lipinski definition) is 3. The molecule has 0 bridgehead atoms. The van der Waals surface area contributed by atoms with E-state index in [0.29, 0.717) is 37.9 Å². The SMILES string of the molecule is Cc1cc(C2CCC(=O)NC2=O)ccc1N1CCN(C)CC1.Cc1cc(SNC2CCC(C)CC2)ccc1Nc1ncc(C(F)(F)F)c(N2CCCC(C)C2)n1. The molecule has 2 aromatic carbocycles. The van der Waals surface area contributed by atoms with Gasteiger partial charge in [-0.1, -0.05) is 26.0 Å². The van der Waals surface area contributed by atoms with Gasteiger partial charge >= 0.3 is 6.18 Å². The molecule has 2 atom stereocenters. The number of carbonyl (C=O) groups is 2. The van der Waals surface area contributed by atoms with Crippen molar-refractivity contribution >= 4 is 46.9 Å². The average molecular weight is 795 g/mol. The molecule has 2 unspecified atom stereocenters. The van der Waals surface area contributed by atoms with Gasteiger partial charge < -0.3 is 20.0 Å². The Morgan fingerprint density at radius 2 is 1.61 bits per heavy atom. The Morgan fingerprint density at radius 1 is 0.857 bits per heavy atom. The largest absolute Gasteiger partial charge is 0.421 e. The quantitative estimate of drug-likeness (QED) is 0.153. The number of benzene rings is 2. The molecular formula is C42H57F3N8O2S. The fourth-order valence-corrected chi connectivity index (χ4v) is 8.96. The highest BCUT2D eigenvalue weighted by Gasteiger charge is 2.37. The van der Waals surface area contributed by atoms with Crippen LogP contribution in [0.1, 0.15) is 93.4 Å². The Hall–Kier alpha value is -3.88. The molecule has 1 aromatic heterocycles. The Bertz CT molecular complexity index is 1830. The molecule has 0 spiro atoms.